The molecule has 0 bridgehead atoms. The minimum Gasteiger partial charge on any atom is -0.339 e. The Kier molecular flexibility index (Phi) is 4.59. The predicted octanol–water partition coefficient (Wildman–Crippen LogP) is 4.45. The second kappa shape index (κ2) is 6.08. The molecule has 0 unspecified atom stereocenters. The maximum absolute atomic E-state index is 13.2. The molecule has 5 heteroatoms. The number of amides is 1. The lowest BCUT2D eigenvalue weighted by Crippen LogP contribution is -2.36. The average molecular weight is 299 g/mol. The monoisotopic (exact) mass is 299 g/mol. The lowest BCUT2D eigenvalue weighted by atomic mass is 9.96. The molecule has 0 atom stereocenters. The third-order valence-corrected chi connectivity index (χ3v) is 3.89. The first-order valence-electron chi connectivity index (χ1n) is 7.31. The minimum absolute atomic E-state index is 0.00904. The fraction of sp³-hybridized carbons (Fsp3) is 0.562. The minimum atomic E-state index is -4.51. The number of benzene rings is 1. The summed E-state index contributed by atoms with van der Waals surface area (Å²) in [5.41, 5.74) is -0.449. The van der Waals surface area contributed by atoms with Crippen molar-refractivity contribution in [2.24, 2.45) is 0 Å². The van der Waals surface area contributed by atoms with E-state index >= 15 is 0 Å². The molecule has 1 aromatic rings. The van der Waals surface area contributed by atoms with Crippen molar-refractivity contribution in [3.63, 3.8) is 0 Å². The normalized spacial score (nSPS) is 16.4. The Balaban J connectivity index is 2.39. The summed E-state index contributed by atoms with van der Waals surface area (Å²) in [5, 5.41) is 0. The summed E-state index contributed by atoms with van der Waals surface area (Å²) in [6.45, 7) is 4.76. The molecule has 0 aromatic heterocycles. The Labute approximate surface area is 122 Å². The second-order valence-corrected chi connectivity index (χ2v) is 5.81. The zero-order valence-corrected chi connectivity index (χ0v) is 12.3. The van der Waals surface area contributed by atoms with Crippen LogP contribution in [0.1, 0.15) is 60.5 Å². The predicted molar refractivity (Wildman–Crippen MR) is 75.3 cm³/mol. The van der Waals surface area contributed by atoms with Gasteiger partial charge in [-0.1, -0.05) is 19.9 Å². The van der Waals surface area contributed by atoms with E-state index in [9.17, 15) is 18.0 Å². The number of nitrogens with zero attached hydrogens (tertiary/aromatic N) is 1. The Hall–Kier alpha value is -1.52. The van der Waals surface area contributed by atoms with E-state index < -0.39 is 17.6 Å². The van der Waals surface area contributed by atoms with Gasteiger partial charge in [0, 0.05) is 13.1 Å². The maximum Gasteiger partial charge on any atom is 0.417 e. The highest BCUT2D eigenvalue weighted by atomic mass is 19.4. The first kappa shape index (κ1) is 15.9. The molecule has 0 radical (unpaired) electrons. The highest BCUT2D eigenvalue weighted by Gasteiger charge is 2.36. The van der Waals surface area contributed by atoms with Crippen LogP contribution in [0.2, 0.25) is 0 Å². The van der Waals surface area contributed by atoms with Crippen molar-refractivity contribution in [3.8, 4) is 0 Å². The van der Waals surface area contributed by atoms with E-state index in [-0.39, 0.29) is 11.5 Å². The number of alkyl halides is 3. The van der Waals surface area contributed by atoms with Crippen LogP contribution in [-0.4, -0.2) is 23.9 Å². The molecule has 1 amide bonds. The van der Waals surface area contributed by atoms with Gasteiger partial charge in [-0.25, -0.2) is 0 Å². The van der Waals surface area contributed by atoms with Gasteiger partial charge in [0.1, 0.15) is 0 Å². The lowest BCUT2D eigenvalue weighted by Gasteiger charge is -2.28. The van der Waals surface area contributed by atoms with Gasteiger partial charge < -0.3 is 4.90 Å². The van der Waals surface area contributed by atoms with E-state index in [1.807, 2.05) is 13.8 Å². The standard InChI is InChI=1S/C16H20F3NO/c1-11(2)12-6-7-13(14(10-12)16(17,18)19)15(21)20-8-4-3-5-9-20/h6-7,10-11H,3-5,8-9H2,1-2H3. The zero-order valence-electron chi connectivity index (χ0n) is 12.3. The van der Waals surface area contributed by atoms with Crippen LogP contribution in [-0.2, 0) is 6.18 Å². The van der Waals surface area contributed by atoms with E-state index in [2.05, 4.69) is 0 Å². The van der Waals surface area contributed by atoms with Crippen LogP contribution in [0.25, 0.3) is 0 Å². The van der Waals surface area contributed by atoms with Gasteiger partial charge >= 0.3 is 6.18 Å². The molecule has 0 saturated carbocycles. The molecule has 0 N–H and O–H groups in total. The van der Waals surface area contributed by atoms with Crippen LogP contribution in [0.15, 0.2) is 18.2 Å². The molecule has 2 rings (SSSR count). The summed E-state index contributed by atoms with van der Waals surface area (Å²) in [5.74, 6) is -0.512. The van der Waals surface area contributed by atoms with Crippen LogP contribution in [0, 0.1) is 0 Å². The van der Waals surface area contributed by atoms with E-state index in [0.717, 1.165) is 25.3 Å². The molecule has 1 heterocycles. The number of piperidine rings is 1. The van der Waals surface area contributed by atoms with Crippen molar-refractivity contribution in [1.82, 2.24) is 4.90 Å². The molecular formula is C16H20F3NO. The summed E-state index contributed by atoms with van der Waals surface area (Å²) in [7, 11) is 0. The third kappa shape index (κ3) is 3.57. The largest absolute Gasteiger partial charge is 0.417 e. The van der Waals surface area contributed by atoms with Crippen molar-refractivity contribution in [2.45, 2.75) is 45.2 Å². The van der Waals surface area contributed by atoms with Crippen LogP contribution in [0.3, 0.4) is 0 Å². The van der Waals surface area contributed by atoms with Gasteiger partial charge in [-0.3, -0.25) is 4.79 Å². The van der Waals surface area contributed by atoms with Gasteiger partial charge in [0.15, 0.2) is 0 Å². The van der Waals surface area contributed by atoms with Crippen LogP contribution in [0.5, 0.6) is 0 Å². The van der Waals surface area contributed by atoms with Gasteiger partial charge in [0.05, 0.1) is 11.1 Å². The molecule has 0 aliphatic carbocycles. The van der Waals surface area contributed by atoms with E-state index in [1.165, 1.54) is 11.0 Å². The maximum atomic E-state index is 13.2. The highest BCUT2D eigenvalue weighted by molar-refractivity contribution is 5.96. The zero-order chi connectivity index (χ0) is 15.6. The topological polar surface area (TPSA) is 20.3 Å². The Morgan fingerprint density at radius 1 is 1.14 bits per heavy atom. The summed E-state index contributed by atoms with van der Waals surface area (Å²) < 4.78 is 39.7. The third-order valence-electron chi connectivity index (χ3n) is 3.89. The molecule has 1 aromatic carbocycles. The number of rotatable bonds is 2. The number of hydrogen-bond acceptors (Lipinski definition) is 1. The van der Waals surface area contributed by atoms with Crippen molar-refractivity contribution in [2.75, 3.05) is 13.1 Å². The number of hydrogen-bond donors (Lipinski definition) is 0. The molecule has 21 heavy (non-hydrogen) atoms. The summed E-state index contributed by atoms with van der Waals surface area (Å²) in [6, 6.07) is 4.06. The van der Waals surface area contributed by atoms with Gasteiger partial charge in [0.2, 0.25) is 0 Å². The quantitative estimate of drug-likeness (QED) is 0.790. The molecule has 2 nitrogen and oxygen atoms in total. The highest BCUT2D eigenvalue weighted by Crippen LogP contribution is 2.35. The summed E-state index contributed by atoms with van der Waals surface area (Å²) >= 11 is 0. The molecule has 1 aliphatic rings. The van der Waals surface area contributed by atoms with Crippen LogP contribution in [0.4, 0.5) is 13.2 Å². The Bertz CT molecular complexity index is 517. The molecule has 1 saturated heterocycles. The molecule has 1 fully saturated rings. The lowest BCUT2D eigenvalue weighted by molar-refractivity contribution is -0.138. The molecule has 0 spiro atoms. The van der Waals surface area contributed by atoms with Crippen molar-refractivity contribution in [3.05, 3.63) is 34.9 Å². The molecule has 116 valence electrons. The van der Waals surface area contributed by atoms with E-state index in [1.54, 1.807) is 6.07 Å². The van der Waals surface area contributed by atoms with E-state index in [0.29, 0.717) is 18.7 Å². The van der Waals surface area contributed by atoms with E-state index in [4.69, 9.17) is 0 Å². The Morgan fingerprint density at radius 3 is 2.29 bits per heavy atom. The fourth-order valence-electron chi connectivity index (χ4n) is 2.61. The SMILES string of the molecule is CC(C)c1ccc(C(=O)N2CCCCC2)c(C(F)(F)F)c1. The van der Waals surface area contributed by atoms with Crippen LogP contribution >= 0.6 is 0 Å². The average Bonchev–Trinajstić information content (AvgIpc) is 2.46. The van der Waals surface area contributed by atoms with Gasteiger partial charge in [-0.15, -0.1) is 0 Å². The van der Waals surface area contributed by atoms with Crippen molar-refractivity contribution in [1.29, 1.82) is 0 Å². The Morgan fingerprint density at radius 2 is 1.76 bits per heavy atom. The van der Waals surface area contributed by atoms with Gasteiger partial charge in [-0.2, -0.15) is 13.2 Å². The number of likely N-dealkylation sites (tertiary alicyclic amines) is 1. The number of halogens is 3. The number of carbonyl (C=O) groups excluding carboxylic acids is 1. The van der Waals surface area contributed by atoms with Crippen molar-refractivity contribution < 1.29 is 18.0 Å². The van der Waals surface area contributed by atoms with Crippen LogP contribution < -0.4 is 0 Å². The second-order valence-electron chi connectivity index (χ2n) is 5.81. The smallest absolute Gasteiger partial charge is 0.339 e. The fourth-order valence-corrected chi connectivity index (χ4v) is 2.61. The summed E-state index contributed by atoms with van der Waals surface area (Å²) in [4.78, 5) is 13.9. The van der Waals surface area contributed by atoms with Crippen molar-refractivity contribution >= 4 is 5.91 Å². The molecular weight excluding hydrogens is 279 g/mol. The summed E-state index contributed by atoms with van der Waals surface area (Å²) in [6.07, 6.45) is -1.76. The van der Waals surface area contributed by atoms with Gasteiger partial charge in [0.25, 0.3) is 5.91 Å². The first-order chi connectivity index (χ1) is 9.80. The number of carbonyl (C=O) groups is 1. The van der Waals surface area contributed by atoms with Gasteiger partial charge in [-0.05, 0) is 42.9 Å². The molecule has 1 aliphatic heterocycles. The first-order valence-corrected chi connectivity index (χ1v) is 7.31.